The van der Waals surface area contributed by atoms with Gasteiger partial charge in [-0.1, -0.05) is 0 Å². The molecule has 1 N–H and O–H groups in total. The van der Waals surface area contributed by atoms with Gasteiger partial charge in [0.05, 0.1) is 12.3 Å². The van der Waals surface area contributed by atoms with Gasteiger partial charge in [0.1, 0.15) is 0 Å². The normalized spacial score (nSPS) is 19.6. The Morgan fingerprint density at radius 2 is 2.50 bits per heavy atom. The molecule has 0 radical (unpaired) electrons. The topological polar surface area (TPSA) is 41.8 Å². The van der Waals surface area contributed by atoms with Gasteiger partial charge in [-0.15, -0.1) is 11.3 Å². The third kappa shape index (κ3) is 2.68. The zero-order valence-corrected chi connectivity index (χ0v) is 12.9. The summed E-state index contributed by atoms with van der Waals surface area (Å²) in [4.78, 5) is 8.13. The van der Waals surface area contributed by atoms with E-state index in [2.05, 4.69) is 33.2 Å². The van der Waals surface area contributed by atoms with E-state index in [9.17, 15) is 0 Å². The first-order valence-electron chi connectivity index (χ1n) is 7.17. The van der Waals surface area contributed by atoms with Crippen molar-refractivity contribution in [1.29, 1.82) is 0 Å². The SMILES string of the molecule is CNCc1c(N(C)CC2CCCOC2)nc2sccn12. The molecule has 2 aromatic heterocycles. The average Bonchev–Trinajstić information content (AvgIpc) is 3.03. The number of hydrogen-bond donors (Lipinski definition) is 1. The minimum absolute atomic E-state index is 0.621. The third-order valence-corrected chi connectivity index (χ3v) is 4.59. The predicted molar refractivity (Wildman–Crippen MR) is 82.6 cm³/mol. The highest BCUT2D eigenvalue weighted by Gasteiger charge is 2.20. The van der Waals surface area contributed by atoms with Crippen molar-refractivity contribution >= 4 is 22.1 Å². The molecule has 20 heavy (non-hydrogen) atoms. The van der Waals surface area contributed by atoms with Gasteiger partial charge in [0, 0.05) is 38.3 Å². The van der Waals surface area contributed by atoms with Crippen LogP contribution in [-0.4, -0.2) is 43.2 Å². The lowest BCUT2D eigenvalue weighted by molar-refractivity contribution is 0.0576. The highest BCUT2D eigenvalue weighted by atomic mass is 32.1. The molecule has 1 aliphatic rings. The quantitative estimate of drug-likeness (QED) is 0.915. The summed E-state index contributed by atoms with van der Waals surface area (Å²) in [6.07, 6.45) is 4.54. The fourth-order valence-electron chi connectivity index (χ4n) is 2.88. The summed E-state index contributed by atoms with van der Waals surface area (Å²) in [7, 11) is 4.12. The first-order valence-corrected chi connectivity index (χ1v) is 8.05. The highest BCUT2D eigenvalue weighted by Crippen LogP contribution is 2.25. The largest absolute Gasteiger partial charge is 0.381 e. The number of imidazole rings is 1. The van der Waals surface area contributed by atoms with E-state index < -0.39 is 0 Å². The van der Waals surface area contributed by atoms with Crippen LogP contribution in [0.4, 0.5) is 5.82 Å². The van der Waals surface area contributed by atoms with E-state index in [0.717, 1.165) is 37.1 Å². The molecule has 2 aromatic rings. The molecule has 1 unspecified atom stereocenters. The van der Waals surface area contributed by atoms with E-state index in [-0.39, 0.29) is 0 Å². The lowest BCUT2D eigenvalue weighted by atomic mass is 10.0. The summed E-state index contributed by atoms with van der Waals surface area (Å²) in [6.45, 7) is 3.65. The second kappa shape index (κ2) is 6.11. The Morgan fingerprint density at radius 1 is 1.60 bits per heavy atom. The van der Waals surface area contributed by atoms with Gasteiger partial charge in [-0.3, -0.25) is 4.40 Å². The fourth-order valence-corrected chi connectivity index (χ4v) is 3.61. The van der Waals surface area contributed by atoms with Crippen molar-refractivity contribution in [3.63, 3.8) is 0 Å². The fraction of sp³-hybridized carbons (Fsp3) is 0.643. The van der Waals surface area contributed by atoms with Gasteiger partial charge in [-0.25, -0.2) is 4.98 Å². The number of ether oxygens (including phenoxy) is 1. The van der Waals surface area contributed by atoms with E-state index in [1.807, 2.05) is 7.05 Å². The smallest absolute Gasteiger partial charge is 0.195 e. The van der Waals surface area contributed by atoms with Gasteiger partial charge in [-0.05, 0) is 25.8 Å². The monoisotopic (exact) mass is 294 g/mol. The third-order valence-electron chi connectivity index (χ3n) is 3.83. The van der Waals surface area contributed by atoms with E-state index in [1.54, 1.807) is 11.3 Å². The second-order valence-electron chi connectivity index (χ2n) is 5.43. The molecule has 0 spiro atoms. The molecule has 1 aliphatic heterocycles. The average molecular weight is 294 g/mol. The van der Waals surface area contributed by atoms with Gasteiger partial charge < -0.3 is 15.0 Å². The maximum atomic E-state index is 5.58. The second-order valence-corrected chi connectivity index (χ2v) is 6.30. The van der Waals surface area contributed by atoms with Crippen LogP contribution in [0, 0.1) is 5.92 Å². The van der Waals surface area contributed by atoms with Crippen molar-refractivity contribution in [2.45, 2.75) is 19.4 Å². The molecule has 0 saturated carbocycles. The molecule has 6 heteroatoms. The first kappa shape index (κ1) is 13.9. The number of anilines is 1. The zero-order chi connectivity index (χ0) is 13.9. The summed E-state index contributed by atoms with van der Waals surface area (Å²) in [5.74, 6) is 1.72. The molecule has 5 nitrogen and oxygen atoms in total. The van der Waals surface area contributed by atoms with Crippen LogP contribution in [0.15, 0.2) is 11.6 Å². The lowest BCUT2D eigenvalue weighted by Gasteiger charge is -2.27. The van der Waals surface area contributed by atoms with Gasteiger partial charge in [-0.2, -0.15) is 0 Å². The Bertz CT molecular complexity index is 559. The number of aromatic nitrogens is 2. The van der Waals surface area contributed by atoms with Crippen molar-refractivity contribution in [2.75, 3.05) is 38.8 Å². The van der Waals surface area contributed by atoms with Crippen LogP contribution in [0.3, 0.4) is 0 Å². The molecule has 1 atom stereocenters. The van der Waals surface area contributed by atoms with Crippen LogP contribution in [0.25, 0.3) is 4.96 Å². The number of nitrogens with zero attached hydrogens (tertiary/aromatic N) is 3. The molecule has 0 aliphatic carbocycles. The van der Waals surface area contributed by atoms with Crippen molar-refractivity contribution in [3.8, 4) is 0 Å². The minimum atomic E-state index is 0.621. The minimum Gasteiger partial charge on any atom is -0.381 e. The summed E-state index contributed by atoms with van der Waals surface area (Å²) in [5, 5.41) is 5.33. The first-order chi connectivity index (χ1) is 9.79. The maximum Gasteiger partial charge on any atom is 0.195 e. The van der Waals surface area contributed by atoms with Crippen LogP contribution in [0.2, 0.25) is 0 Å². The van der Waals surface area contributed by atoms with E-state index in [4.69, 9.17) is 9.72 Å². The molecular formula is C14H22N4OS. The van der Waals surface area contributed by atoms with Crippen LogP contribution in [0.1, 0.15) is 18.5 Å². The van der Waals surface area contributed by atoms with Crippen molar-refractivity contribution < 1.29 is 4.74 Å². The van der Waals surface area contributed by atoms with Crippen molar-refractivity contribution in [3.05, 3.63) is 17.3 Å². The zero-order valence-electron chi connectivity index (χ0n) is 12.1. The number of nitrogens with one attached hydrogen (secondary N) is 1. The summed E-state index contributed by atoms with van der Waals surface area (Å²) < 4.78 is 7.76. The standard InChI is InChI=1S/C14H22N4OS/c1-15-8-12-13(16-14-18(12)5-7-20-14)17(2)9-11-4-3-6-19-10-11/h5,7,11,15H,3-4,6,8-10H2,1-2H3. The van der Waals surface area contributed by atoms with E-state index in [0.29, 0.717) is 5.92 Å². The van der Waals surface area contributed by atoms with Gasteiger partial charge in [0.15, 0.2) is 10.8 Å². The molecule has 0 amide bonds. The van der Waals surface area contributed by atoms with Crippen molar-refractivity contribution in [1.82, 2.24) is 14.7 Å². The molecule has 1 saturated heterocycles. The van der Waals surface area contributed by atoms with Gasteiger partial charge in [0.2, 0.25) is 0 Å². The molecule has 0 bridgehead atoms. The summed E-state index contributed by atoms with van der Waals surface area (Å²) >= 11 is 1.68. The Morgan fingerprint density at radius 3 is 3.25 bits per heavy atom. The summed E-state index contributed by atoms with van der Waals surface area (Å²) in [6, 6.07) is 0. The van der Waals surface area contributed by atoms with Gasteiger partial charge >= 0.3 is 0 Å². The molecule has 0 aromatic carbocycles. The molecule has 110 valence electrons. The van der Waals surface area contributed by atoms with E-state index in [1.165, 1.54) is 18.5 Å². The maximum absolute atomic E-state index is 5.58. The number of hydrogen-bond acceptors (Lipinski definition) is 5. The molecule has 3 heterocycles. The molecule has 3 rings (SSSR count). The highest BCUT2D eigenvalue weighted by molar-refractivity contribution is 7.15. The Kier molecular flexibility index (Phi) is 4.24. The predicted octanol–water partition coefficient (Wildman–Crippen LogP) is 1.98. The lowest BCUT2D eigenvalue weighted by Crippen LogP contribution is -2.31. The van der Waals surface area contributed by atoms with Crippen LogP contribution >= 0.6 is 11.3 Å². The van der Waals surface area contributed by atoms with Crippen LogP contribution < -0.4 is 10.2 Å². The summed E-state index contributed by atoms with van der Waals surface area (Å²) in [5.41, 5.74) is 1.24. The van der Waals surface area contributed by atoms with Crippen LogP contribution in [0.5, 0.6) is 0 Å². The Labute approximate surface area is 123 Å². The van der Waals surface area contributed by atoms with Crippen molar-refractivity contribution in [2.24, 2.45) is 5.92 Å². The number of fused-ring (bicyclic) bond motifs is 1. The van der Waals surface area contributed by atoms with Crippen LogP contribution in [-0.2, 0) is 11.3 Å². The molecular weight excluding hydrogens is 272 g/mol. The Hall–Kier alpha value is -1.11. The van der Waals surface area contributed by atoms with E-state index >= 15 is 0 Å². The number of thiazole rings is 1. The number of rotatable bonds is 5. The van der Waals surface area contributed by atoms with Gasteiger partial charge in [0.25, 0.3) is 0 Å². The Balaban J connectivity index is 1.80. The molecule has 1 fully saturated rings.